The summed E-state index contributed by atoms with van der Waals surface area (Å²) in [5.41, 5.74) is 0. The van der Waals surface area contributed by atoms with Gasteiger partial charge in [-0.3, -0.25) is 4.79 Å². The molecule has 0 spiro atoms. The van der Waals surface area contributed by atoms with Crippen LogP contribution < -0.4 is 29.6 Å². The molecule has 0 aromatic rings. The summed E-state index contributed by atoms with van der Waals surface area (Å²) in [6, 6.07) is 0. The molecule has 0 saturated heterocycles. The van der Waals surface area contributed by atoms with Crippen molar-refractivity contribution >= 4 is 40.8 Å². The second kappa shape index (κ2) is 20.1. The van der Waals surface area contributed by atoms with E-state index in [4.69, 9.17) is 34.8 Å². The Labute approximate surface area is 193 Å². The van der Waals surface area contributed by atoms with Gasteiger partial charge in [-0.2, -0.15) is 0 Å². The molecule has 6 heteroatoms. The van der Waals surface area contributed by atoms with Crippen LogP contribution in [-0.4, -0.2) is 9.95 Å². The van der Waals surface area contributed by atoms with Crippen molar-refractivity contribution in [3.05, 3.63) is 0 Å². The topological polar surface area (TPSA) is 26.3 Å². The molecule has 0 aromatic heterocycles. The minimum Gasteiger partial charge on any atom is -1.00 e. The van der Waals surface area contributed by atoms with E-state index in [1.807, 2.05) is 0 Å². The van der Waals surface area contributed by atoms with Gasteiger partial charge in [0.15, 0.2) is 0 Å². The van der Waals surface area contributed by atoms with E-state index in [0.717, 1.165) is 12.8 Å². The van der Waals surface area contributed by atoms with E-state index in [-0.39, 0.29) is 31.0 Å². The zero-order valence-electron chi connectivity index (χ0n) is 17.3. The zero-order valence-corrected chi connectivity index (χ0v) is 20.5. The van der Waals surface area contributed by atoms with Gasteiger partial charge in [0.1, 0.15) is 0 Å². The van der Waals surface area contributed by atoms with Crippen LogP contribution in [-0.2, 0) is 9.53 Å². The van der Waals surface area contributed by atoms with Crippen LogP contribution in [0.2, 0.25) is 0 Å². The number of hydrogen-bond acceptors (Lipinski definition) is 2. The molecule has 0 bridgehead atoms. The summed E-state index contributed by atoms with van der Waals surface area (Å²) in [4.78, 5) is 11.3. The Kier molecular flexibility index (Phi) is 22.9. The van der Waals surface area contributed by atoms with Crippen LogP contribution in [0.1, 0.15) is 111 Å². The van der Waals surface area contributed by atoms with Crippen molar-refractivity contribution < 1.29 is 40.5 Å². The van der Waals surface area contributed by atoms with E-state index in [9.17, 15) is 4.79 Å². The predicted molar refractivity (Wildman–Crippen MR) is 107 cm³/mol. The molecule has 0 amide bonds. The second-order valence-electron chi connectivity index (χ2n) is 6.62. The first-order chi connectivity index (χ1) is 11.5. The molecule has 0 aliphatic rings. The maximum absolute atomic E-state index is 11.3. The molecule has 0 rings (SSSR count). The fourth-order valence-electron chi connectivity index (χ4n) is 2.82. The van der Waals surface area contributed by atoms with Crippen molar-refractivity contribution in [2.24, 2.45) is 0 Å². The number of carbonyl (C=O) groups is 1. The minimum atomic E-state index is -1.92. The number of halogens is 3. The second-order valence-corrected chi connectivity index (χ2v) is 8.80. The van der Waals surface area contributed by atoms with Crippen molar-refractivity contribution in [1.82, 2.24) is 0 Å². The van der Waals surface area contributed by atoms with Gasteiger partial charge >= 0.3 is 39.5 Å². The molecular formula is C19H36Cl3NaO2. The van der Waals surface area contributed by atoms with Gasteiger partial charge < -0.3 is 6.16 Å². The summed E-state index contributed by atoms with van der Waals surface area (Å²) < 4.78 is 2.69. The maximum Gasteiger partial charge on any atom is 1.00 e. The van der Waals surface area contributed by atoms with Crippen LogP contribution in [0, 0.1) is 0 Å². The summed E-state index contributed by atoms with van der Waals surface area (Å²) in [6.45, 7) is 2.26. The van der Waals surface area contributed by atoms with Crippen LogP contribution in [0.5, 0.6) is 0 Å². The first-order valence-corrected chi connectivity index (χ1v) is 10.9. The molecule has 0 radical (unpaired) electrons. The van der Waals surface area contributed by atoms with Crippen LogP contribution in [0.25, 0.3) is 0 Å². The largest absolute Gasteiger partial charge is 1.00 e. The van der Waals surface area contributed by atoms with Gasteiger partial charge in [-0.05, 0) is 41.2 Å². The van der Waals surface area contributed by atoms with Crippen LogP contribution in [0.4, 0.5) is 0 Å². The van der Waals surface area contributed by atoms with Crippen molar-refractivity contribution in [1.29, 1.82) is 0 Å². The average Bonchev–Trinajstić information content (AvgIpc) is 2.49. The Bertz CT molecular complexity index is 303. The van der Waals surface area contributed by atoms with E-state index in [1.54, 1.807) is 0 Å². The molecule has 0 N–H and O–H groups in total. The fraction of sp³-hybridized carbons (Fsp3) is 0.947. The normalized spacial score (nSPS) is 11.2. The molecule has 0 aromatic carbocycles. The first kappa shape index (κ1) is 28.5. The Morgan fingerprint density at radius 3 is 1.36 bits per heavy atom. The zero-order chi connectivity index (χ0) is 18.1. The molecule has 25 heavy (non-hydrogen) atoms. The quantitative estimate of drug-likeness (QED) is 0.146. The molecule has 0 unspecified atom stereocenters. The van der Waals surface area contributed by atoms with Gasteiger partial charge in [-0.15, -0.1) is 0 Å². The summed E-state index contributed by atoms with van der Waals surface area (Å²) in [5.74, 6) is -0.440. The van der Waals surface area contributed by atoms with E-state index in [0.29, 0.717) is 6.42 Å². The van der Waals surface area contributed by atoms with E-state index in [1.165, 1.54) is 83.5 Å². The van der Waals surface area contributed by atoms with Crippen LogP contribution in [0.3, 0.4) is 0 Å². The molecule has 0 saturated carbocycles. The summed E-state index contributed by atoms with van der Waals surface area (Å²) in [7, 11) is 0. The number of rotatable bonds is 16. The van der Waals surface area contributed by atoms with Gasteiger partial charge in [0.25, 0.3) is 0 Å². The molecule has 0 fully saturated rings. The van der Waals surface area contributed by atoms with Crippen molar-refractivity contribution in [3.8, 4) is 0 Å². The number of unbranched alkanes of at least 4 members (excludes halogenated alkanes) is 14. The molecule has 0 heterocycles. The number of ether oxygens (including phenoxy) is 1. The molecule has 2 nitrogen and oxygen atoms in total. The van der Waals surface area contributed by atoms with E-state index in [2.05, 4.69) is 11.7 Å². The van der Waals surface area contributed by atoms with Gasteiger partial charge in [-0.25, -0.2) is 0 Å². The van der Waals surface area contributed by atoms with Crippen LogP contribution in [0.15, 0.2) is 0 Å². The number of esters is 1. The summed E-state index contributed by atoms with van der Waals surface area (Å²) >= 11 is 16.2. The predicted octanol–water partition coefficient (Wildman–Crippen LogP) is 5.24. The smallest absolute Gasteiger partial charge is 1.00 e. The first-order valence-electron chi connectivity index (χ1n) is 9.74. The number of carbonyl (C=O) groups excluding carboxylic acids is 1. The van der Waals surface area contributed by atoms with Crippen molar-refractivity contribution in [2.75, 3.05) is 0 Å². The molecule has 0 aliphatic heterocycles. The van der Waals surface area contributed by atoms with Gasteiger partial charge in [0.2, 0.25) is 0 Å². The van der Waals surface area contributed by atoms with Crippen LogP contribution >= 0.6 is 34.8 Å². The Hall–Kier alpha value is 1.34. The third-order valence-corrected chi connectivity index (χ3v) is 4.45. The molecule has 0 aliphatic carbocycles. The fourth-order valence-corrected chi connectivity index (χ4v) is 3.08. The third-order valence-electron chi connectivity index (χ3n) is 4.21. The maximum atomic E-state index is 11.3. The standard InChI is InChI=1S/C19H35Cl3O2.Na.H/c1-2-3-4-5-6-7-8-9-10-11-12-13-14-15-16-17-18(23)24-19(20,21)22;;/h2-17H2,1H3;;/q;+1;-1. The van der Waals surface area contributed by atoms with Gasteiger partial charge in [0, 0.05) is 6.42 Å². The molecule has 0 atom stereocenters. The Balaban J connectivity index is -0.00000264. The minimum absolute atomic E-state index is 0. The molecule has 146 valence electrons. The summed E-state index contributed by atoms with van der Waals surface area (Å²) in [6.07, 6.45) is 19.8. The SMILES string of the molecule is CCCCCCCCCCCCCCCCCC(=O)OC(Cl)(Cl)Cl.[H-].[Na+]. The van der Waals surface area contributed by atoms with Gasteiger partial charge in [0.05, 0.1) is 0 Å². The van der Waals surface area contributed by atoms with E-state index >= 15 is 0 Å². The van der Waals surface area contributed by atoms with E-state index < -0.39 is 9.95 Å². The number of alkyl halides is 3. The Morgan fingerprint density at radius 2 is 1.04 bits per heavy atom. The Morgan fingerprint density at radius 1 is 0.720 bits per heavy atom. The van der Waals surface area contributed by atoms with Crippen molar-refractivity contribution in [3.63, 3.8) is 0 Å². The summed E-state index contributed by atoms with van der Waals surface area (Å²) in [5, 5.41) is 0. The monoisotopic (exact) mass is 424 g/mol. The van der Waals surface area contributed by atoms with Crippen molar-refractivity contribution in [2.45, 2.75) is 114 Å². The third kappa shape index (κ3) is 25.3. The average molecular weight is 426 g/mol. The molecular weight excluding hydrogens is 390 g/mol. The number of hydrogen-bond donors (Lipinski definition) is 0. The van der Waals surface area contributed by atoms with Gasteiger partial charge in [-0.1, -0.05) is 96.8 Å².